The summed E-state index contributed by atoms with van der Waals surface area (Å²) in [6.45, 7) is 7.60. The first kappa shape index (κ1) is 15.3. The fourth-order valence-electron chi connectivity index (χ4n) is 3.18. The van der Waals surface area contributed by atoms with E-state index in [0.29, 0.717) is 12.1 Å². The molecule has 2 heterocycles. The highest BCUT2D eigenvalue weighted by Crippen LogP contribution is 2.24. The summed E-state index contributed by atoms with van der Waals surface area (Å²) >= 11 is 0. The van der Waals surface area contributed by atoms with Gasteiger partial charge in [0, 0.05) is 37.4 Å². The van der Waals surface area contributed by atoms with E-state index in [4.69, 9.17) is 0 Å². The molecule has 3 rings (SSSR count). The quantitative estimate of drug-likeness (QED) is 0.862. The number of rotatable bonds is 6. The lowest BCUT2D eigenvalue weighted by Crippen LogP contribution is -2.33. The predicted octanol–water partition coefficient (Wildman–Crippen LogP) is 2.90. The van der Waals surface area contributed by atoms with Gasteiger partial charge in [0.05, 0.1) is 5.69 Å². The van der Waals surface area contributed by atoms with Crippen molar-refractivity contribution in [1.82, 2.24) is 20.4 Å². The van der Waals surface area contributed by atoms with Crippen LogP contribution in [0.25, 0.3) is 0 Å². The summed E-state index contributed by atoms with van der Waals surface area (Å²) in [5, 5.41) is 11.1. The molecule has 1 aromatic carbocycles. The molecule has 0 amide bonds. The molecule has 0 radical (unpaired) electrons. The Balaban J connectivity index is 1.49. The van der Waals surface area contributed by atoms with Crippen molar-refractivity contribution in [2.24, 2.45) is 0 Å². The highest BCUT2D eigenvalue weighted by Gasteiger charge is 2.26. The summed E-state index contributed by atoms with van der Waals surface area (Å²) in [5.41, 5.74) is 3.73. The van der Waals surface area contributed by atoms with Crippen molar-refractivity contribution in [1.29, 1.82) is 0 Å². The van der Waals surface area contributed by atoms with Gasteiger partial charge in [-0.3, -0.25) is 10.00 Å². The highest BCUT2D eigenvalue weighted by atomic mass is 15.2. The van der Waals surface area contributed by atoms with Gasteiger partial charge in [0.2, 0.25) is 0 Å². The van der Waals surface area contributed by atoms with E-state index in [0.717, 1.165) is 31.7 Å². The third-order valence-electron chi connectivity index (χ3n) is 4.68. The van der Waals surface area contributed by atoms with Gasteiger partial charge in [-0.15, -0.1) is 0 Å². The number of aromatic amines is 1. The Morgan fingerprint density at radius 1 is 1.36 bits per heavy atom. The molecular formula is C18H26N4. The average molecular weight is 298 g/mol. The van der Waals surface area contributed by atoms with Gasteiger partial charge in [0.15, 0.2) is 0 Å². The summed E-state index contributed by atoms with van der Waals surface area (Å²) in [6.07, 6.45) is 2.20. The molecule has 2 aromatic rings. The number of likely N-dealkylation sites (tertiary alicyclic amines) is 1. The second-order valence-corrected chi connectivity index (χ2v) is 6.19. The van der Waals surface area contributed by atoms with Gasteiger partial charge >= 0.3 is 0 Å². The lowest BCUT2D eigenvalue weighted by Gasteiger charge is -2.24. The molecule has 0 spiro atoms. The molecule has 4 nitrogen and oxygen atoms in total. The van der Waals surface area contributed by atoms with Crippen molar-refractivity contribution >= 4 is 0 Å². The Labute approximate surface area is 132 Å². The van der Waals surface area contributed by atoms with Gasteiger partial charge in [-0.05, 0) is 31.4 Å². The van der Waals surface area contributed by atoms with Gasteiger partial charge in [-0.2, -0.15) is 5.10 Å². The molecule has 1 saturated heterocycles. The van der Waals surface area contributed by atoms with Crippen molar-refractivity contribution in [3.63, 3.8) is 0 Å². The van der Waals surface area contributed by atoms with Crippen molar-refractivity contribution in [2.45, 2.75) is 45.3 Å². The topological polar surface area (TPSA) is 44.0 Å². The van der Waals surface area contributed by atoms with E-state index in [1.807, 2.05) is 0 Å². The van der Waals surface area contributed by atoms with E-state index in [1.165, 1.54) is 17.7 Å². The second kappa shape index (κ2) is 7.07. The maximum absolute atomic E-state index is 4.29. The molecular weight excluding hydrogens is 272 g/mol. The third-order valence-corrected chi connectivity index (χ3v) is 4.68. The maximum Gasteiger partial charge on any atom is 0.0622 e. The van der Waals surface area contributed by atoms with Crippen molar-refractivity contribution in [2.75, 3.05) is 13.1 Å². The molecule has 1 aromatic heterocycles. The van der Waals surface area contributed by atoms with Crippen LogP contribution in [-0.2, 0) is 13.0 Å². The van der Waals surface area contributed by atoms with Crippen LogP contribution < -0.4 is 5.32 Å². The van der Waals surface area contributed by atoms with Crippen LogP contribution in [0.3, 0.4) is 0 Å². The number of nitrogens with zero attached hydrogens (tertiary/aromatic N) is 2. The largest absolute Gasteiger partial charge is 0.307 e. The van der Waals surface area contributed by atoms with Crippen LogP contribution >= 0.6 is 0 Å². The summed E-state index contributed by atoms with van der Waals surface area (Å²) < 4.78 is 0. The zero-order chi connectivity index (χ0) is 15.4. The second-order valence-electron chi connectivity index (χ2n) is 6.19. The molecule has 0 aliphatic carbocycles. The van der Waals surface area contributed by atoms with E-state index >= 15 is 0 Å². The van der Waals surface area contributed by atoms with Crippen LogP contribution in [0.1, 0.15) is 43.3 Å². The molecule has 0 saturated carbocycles. The zero-order valence-electron chi connectivity index (χ0n) is 13.5. The first-order chi connectivity index (χ1) is 10.8. The van der Waals surface area contributed by atoms with Crippen LogP contribution in [0.5, 0.6) is 0 Å². The predicted molar refractivity (Wildman–Crippen MR) is 89.6 cm³/mol. The number of nitrogens with one attached hydrogen (secondary N) is 2. The van der Waals surface area contributed by atoms with E-state index < -0.39 is 0 Å². The zero-order valence-corrected chi connectivity index (χ0v) is 13.5. The molecule has 2 atom stereocenters. The van der Waals surface area contributed by atoms with Crippen LogP contribution in [0.4, 0.5) is 0 Å². The molecule has 0 unspecified atom stereocenters. The lowest BCUT2D eigenvalue weighted by atomic mass is 10.1. The number of aryl methyl sites for hydroxylation is 1. The standard InChI is InChI=1S/C18H26N4/c1-3-16-11-18(21-20-16)12-19-17-9-10-22(13-17)14(2)15-7-5-4-6-8-15/h4-8,11,14,17,19H,3,9-10,12-13H2,1-2H3,(H,20,21)/t14-,17-/m1/s1. The average Bonchev–Trinajstić information content (AvgIpc) is 3.22. The first-order valence-electron chi connectivity index (χ1n) is 8.31. The smallest absolute Gasteiger partial charge is 0.0622 e. The molecule has 1 aliphatic heterocycles. The fraction of sp³-hybridized carbons (Fsp3) is 0.500. The maximum atomic E-state index is 4.29. The van der Waals surface area contributed by atoms with E-state index in [-0.39, 0.29) is 0 Å². The summed E-state index contributed by atoms with van der Waals surface area (Å²) in [4.78, 5) is 2.57. The Morgan fingerprint density at radius 2 is 2.18 bits per heavy atom. The van der Waals surface area contributed by atoms with Crippen LogP contribution in [-0.4, -0.2) is 34.2 Å². The summed E-state index contributed by atoms with van der Waals surface area (Å²) in [5.74, 6) is 0. The van der Waals surface area contributed by atoms with Gasteiger partial charge in [-0.1, -0.05) is 37.3 Å². The molecule has 0 bridgehead atoms. The number of hydrogen-bond donors (Lipinski definition) is 2. The number of benzene rings is 1. The summed E-state index contributed by atoms with van der Waals surface area (Å²) in [7, 11) is 0. The summed E-state index contributed by atoms with van der Waals surface area (Å²) in [6, 6.07) is 14.0. The first-order valence-corrected chi connectivity index (χ1v) is 8.31. The fourth-order valence-corrected chi connectivity index (χ4v) is 3.18. The van der Waals surface area contributed by atoms with Gasteiger partial charge < -0.3 is 5.32 Å². The Hall–Kier alpha value is -1.65. The molecule has 4 heteroatoms. The third kappa shape index (κ3) is 3.57. The highest BCUT2D eigenvalue weighted by molar-refractivity contribution is 5.18. The normalized spacial score (nSPS) is 20.4. The molecule has 1 fully saturated rings. The van der Waals surface area contributed by atoms with E-state index in [1.54, 1.807) is 0 Å². The number of aromatic nitrogens is 2. The van der Waals surface area contributed by atoms with E-state index in [2.05, 4.69) is 70.7 Å². The molecule has 2 N–H and O–H groups in total. The number of H-pyrrole nitrogens is 1. The molecule has 1 aliphatic rings. The van der Waals surface area contributed by atoms with Crippen LogP contribution in [0.2, 0.25) is 0 Å². The lowest BCUT2D eigenvalue weighted by molar-refractivity contribution is 0.255. The Kier molecular flexibility index (Phi) is 4.90. The van der Waals surface area contributed by atoms with Crippen molar-refractivity contribution < 1.29 is 0 Å². The van der Waals surface area contributed by atoms with Crippen LogP contribution in [0.15, 0.2) is 36.4 Å². The van der Waals surface area contributed by atoms with Crippen molar-refractivity contribution in [3.8, 4) is 0 Å². The Bertz CT molecular complexity index is 578. The van der Waals surface area contributed by atoms with Gasteiger partial charge in [0.1, 0.15) is 0 Å². The monoisotopic (exact) mass is 298 g/mol. The van der Waals surface area contributed by atoms with E-state index in [9.17, 15) is 0 Å². The Morgan fingerprint density at radius 3 is 2.91 bits per heavy atom. The minimum Gasteiger partial charge on any atom is -0.307 e. The minimum absolute atomic E-state index is 0.492. The van der Waals surface area contributed by atoms with Crippen LogP contribution in [0, 0.1) is 0 Å². The minimum atomic E-state index is 0.492. The van der Waals surface area contributed by atoms with Crippen molar-refractivity contribution in [3.05, 3.63) is 53.3 Å². The molecule has 22 heavy (non-hydrogen) atoms. The number of hydrogen-bond acceptors (Lipinski definition) is 3. The van der Waals surface area contributed by atoms with Gasteiger partial charge in [-0.25, -0.2) is 0 Å². The van der Waals surface area contributed by atoms with Gasteiger partial charge in [0.25, 0.3) is 0 Å². The molecule has 118 valence electrons. The SMILES string of the molecule is CCc1cc(CN[C@@H]2CCN([C@H](C)c3ccccc3)C2)[nH]n1.